The molecule has 0 heterocycles. The first-order chi connectivity index (χ1) is 9.51. The maximum atomic E-state index is 13.4. The smallest absolute Gasteiger partial charge is 0.258 e. The van der Waals surface area contributed by atoms with Crippen LogP contribution in [-0.4, -0.2) is 5.91 Å². The van der Waals surface area contributed by atoms with Crippen molar-refractivity contribution in [1.82, 2.24) is 0 Å². The Bertz CT molecular complexity index is 723. The van der Waals surface area contributed by atoms with E-state index >= 15 is 0 Å². The minimum absolute atomic E-state index is 0.0163. The topological polar surface area (TPSA) is 52.9 Å². The largest absolute Gasteiger partial charge is 0.321 e. The molecule has 0 radical (unpaired) electrons. The van der Waals surface area contributed by atoms with Gasteiger partial charge in [0.2, 0.25) is 0 Å². The molecule has 2 rings (SSSR count). The number of hydrogen-bond donors (Lipinski definition) is 1. The fraction of sp³-hybridized carbons (Fsp3) is 0. The Hall–Kier alpha value is -2.81. The van der Waals surface area contributed by atoms with Crippen molar-refractivity contribution in [3.05, 3.63) is 65.0 Å². The van der Waals surface area contributed by atoms with Crippen molar-refractivity contribution in [2.75, 3.05) is 5.32 Å². The van der Waals surface area contributed by atoms with Crippen LogP contribution >= 0.6 is 0 Å². The van der Waals surface area contributed by atoms with Gasteiger partial charge in [-0.2, -0.15) is 5.26 Å². The summed E-state index contributed by atoms with van der Waals surface area (Å²) < 4.78 is 39.4. The van der Waals surface area contributed by atoms with E-state index in [1.165, 1.54) is 6.07 Å². The Labute approximate surface area is 112 Å². The molecule has 0 atom stereocenters. The van der Waals surface area contributed by atoms with Crippen LogP contribution in [0.1, 0.15) is 15.9 Å². The molecule has 20 heavy (non-hydrogen) atoms. The van der Waals surface area contributed by atoms with E-state index < -0.39 is 28.9 Å². The molecule has 0 unspecified atom stereocenters. The van der Waals surface area contributed by atoms with E-state index in [-0.39, 0.29) is 11.3 Å². The van der Waals surface area contributed by atoms with Crippen LogP contribution in [0.25, 0.3) is 0 Å². The highest BCUT2D eigenvalue weighted by Crippen LogP contribution is 2.18. The number of benzene rings is 2. The molecule has 0 saturated carbocycles. The van der Waals surface area contributed by atoms with Crippen molar-refractivity contribution >= 4 is 11.6 Å². The fourth-order valence-electron chi connectivity index (χ4n) is 1.58. The zero-order valence-corrected chi connectivity index (χ0v) is 9.95. The number of hydrogen-bond acceptors (Lipinski definition) is 2. The first-order valence-electron chi connectivity index (χ1n) is 5.47. The zero-order chi connectivity index (χ0) is 14.7. The summed E-state index contributed by atoms with van der Waals surface area (Å²) in [6.45, 7) is 0. The third-order valence-corrected chi connectivity index (χ3v) is 2.52. The molecule has 0 aliphatic carbocycles. The van der Waals surface area contributed by atoms with Crippen LogP contribution < -0.4 is 5.32 Å². The summed E-state index contributed by atoms with van der Waals surface area (Å²) in [4.78, 5) is 11.8. The Kier molecular flexibility index (Phi) is 3.71. The zero-order valence-electron chi connectivity index (χ0n) is 9.95. The Balaban J connectivity index is 2.33. The van der Waals surface area contributed by atoms with Gasteiger partial charge in [-0.25, -0.2) is 13.2 Å². The number of anilines is 1. The van der Waals surface area contributed by atoms with Gasteiger partial charge in [-0.1, -0.05) is 0 Å². The molecule has 0 aromatic heterocycles. The van der Waals surface area contributed by atoms with Crippen LogP contribution in [0.5, 0.6) is 0 Å². The van der Waals surface area contributed by atoms with Gasteiger partial charge in [-0.05, 0) is 36.4 Å². The quantitative estimate of drug-likeness (QED) is 0.915. The summed E-state index contributed by atoms with van der Waals surface area (Å²) in [5, 5.41) is 11.1. The lowest BCUT2D eigenvalue weighted by molar-refractivity contribution is 0.102. The number of carbonyl (C=O) groups excluding carboxylic acids is 1. The van der Waals surface area contributed by atoms with E-state index in [1.807, 2.05) is 0 Å². The molecule has 0 aliphatic heterocycles. The van der Waals surface area contributed by atoms with Gasteiger partial charge < -0.3 is 5.32 Å². The molecular formula is C14H7F3N2O. The number of rotatable bonds is 2. The molecule has 0 aliphatic rings. The molecule has 6 heteroatoms. The Morgan fingerprint density at radius 2 is 1.70 bits per heavy atom. The molecule has 1 amide bonds. The third-order valence-electron chi connectivity index (χ3n) is 2.52. The molecule has 100 valence electrons. The van der Waals surface area contributed by atoms with Crippen LogP contribution in [-0.2, 0) is 0 Å². The monoisotopic (exact) mass is 276 g/mol. The van der Waals surface area contributed by atoms with Gasteiger partial charge >= 0.3 is 0 Å². The molecule has 2 aromatic carbocycles. The van der Waals surface area contributed by atoms with E-state index in [1.54, 1.807) is 6.07 Å². The lowest BCUT2D eigenvalue weighted by Gasteiger charge is -2.08. The average Bonchev–Trinajstić information content (AvgIpc) is 2.43. The summed E-state index contributed by atoms with van der Waals surface area (Å²) in [5.41, 5.74) is -0.601. The SMILES string of the molecule is N#Cc1cc(F)ccc1NC(=O)c1cc(F)ccc1F. The highest BCUT2D eigenvalue weighted by molar-refractivity contribution is 6.05. The van der Waals surface area contributed by atoms with Gasteiger partial charge in [0.1, 0.15) is 23.5 Å². The van der Waals surface area contributed by atoms with Gasteiger partial charge in [0, 0.05) is 0 Å². The van der Waals surface area contributed by atoms with Crippen molar-refractivity contribution in [2.24, 2.45) is 0 Å². The lowest BCUT2D eigenvalue weighted by Crippen LogP contribution is -2.15. The van der Waals surface area contributed by atoms with Crippen LogP contribution in [0.15, 0.2) is 36.4 Å². The number of amides is 1. The minimum Gasteiger partial charge on any atom is -0.321 e. The van der Waals surface area contributed by atoms with E-state index in [9.17, 15) is 18.0 Å². The van der Waals surface area contributed by atoms with Crippen molar-refractivity contribution in [2.45, 2.75) is 0 Å². The standard InChI is InChI=1S/C14H7F3N2O/c15-9-2-4-13(8(5-9)7-18)19-14(20)11-6-10(16)1-3-12(11)17/h1-6H,(H,19,20). The normalized spacial score (nSPS) is 9.90. The van der Waals surface area contributed by atoms with E-state index in [0.717, 1.165) is 30.3 Å². The first-order valence-corrected chi connectivity index (χ1v) is 5.47. The van der Waals surface area contributed by atoms with Gasteiger partial charge in [0.05, 0.1) is 16.8 Å². The average molecular weight is 276 g/mol. The predicted molar refractivity (Wildman–Crippen MR) is 65.4 cm³/mol. The van der Waals surface area contributed by atoms with Gasteiger partial charge in [0.15, 0.2) is 0 Å². The number of nitrogens with one attached hydrogen (secondary N) is 1. The highest BCUT2D eigenvalue weighted by atomic mass is 19.1. The van der Waals surface area contributed by atoms with E-state index in [2.05, 4.69) is 5.32 Å². The number of carbonyl (C=O) groups is 1. The number of nitrogens with zero attached hydrogens (tertiary/aromatic N) is 1. The number of halogens is 3. The van der Waals surface area contributed by atoms with Crippen molar-refractivity contribution in [1.29, 1.82) is 5.26 Å². The summed E-state index contributed by atoms with van der Waals surface area (Å²) >= 11 is 0. The summed E-state index contributed by atoms with van der Waals surface area (Å²) in [6.07, 6.45) is 0. The molecular weight excluding hydrogens is 269 g/mol. The van der Waals surface area contributed by atoms with E-state index in [4.69, 9.17) is 5.26 Å². The molecule has 0 saturated heterocycles. The second-order valence-electron chi connectivity index (χ2n) is 3.88. The maximum Gasteiger partial charge on any atom is 0.258 e. The van der Waals surface area contributed by atoms with Crippen molar-refractivity contribution < 1.29 is 18.0 Å². The predicted octanol–water partition coefficient (Wildman–Crippen LogP) is 3.23. The van der Waals surface area contributed by atoms with Gasteiger partial charge in [-0.15, -0.1) is 0 Å². The summed E-state index contributed by atoms with van der Waals surface area (Å²) in [5.74, 6) is -3.23. The fourth-order valence-corrected chi connectivity index (χ4v) is 1.58. The van der Waals surface area contributed by atoms with Gasteiger partial charge in [0.25, 0.3) is 5.91 Å². The second kappa shape index (κ2) is 5.45. The third kappa shape index (κ3) is 2.78. The van der Waals surface area contributed by atoms with Crippen molar-refractivity contribution in [3.63, 3.8) is 0 Å². The first kappa shape index (κ1) is 13.6. The molecule has 1 N–H and O–H groups in total. The van der Waals surface area contributed by atoms with Crippen LogP contribution in [0, 0.1) is 28.8 Å². The van der Waals surface area contributed by atoms with Crippen LogP contribution in [0.4, 0.5) is 18.9 Å². The maximum absolute atomic E-state index is 13.4. The van der Waals surface area contributed by atoms with E-state index in [0.29, 0.717) is 0 Å². The number of nitriles is 1. The van der Waals surface area contributed by atoms with Crippen molar-refractivity contribution in [3.8, 4) is 6.07 Å². The van der Waals surface area contributed by atoms with Crippen LogP contribution in [0.2, 0.25) is 0 Å². The molecule has 0 bridgehead atoms. The second-order valence-corrected chi connectivity index (χ2v) is 3.88. The van der Waals surface area contributed by atoms with Gasteiger partial charge in [-0.3, -0.25) is 4.79 Å². The highest BCUT2D eigenvalue weighted by Gasteiger charge is 2.14. The lowest BCUT2D eigenvalue weighted by atomic mass is 10.1. The molecule has 3 nitrogen and oxygen atoms in total. The molecule has 0 spiro atoms. The Morgan fingerprint density at radius 3 is 2.40 bits per heavy atom. The summed E-state index contributed by atoms with van der Waals surface area (Å²) in [6, 6.07) is 7.27. The summed E-state index contributed by atoms with van der Waals surface area (Å²) in [7, 11) is 0. The van der Waals surface area contributed by atoms with Crippen LogP contribution in [0.3, 0.4) is 0 Å². The minimum atomic E-state index is -0.926. The molecule has 2 aromatic rings. The Morgan fingerprint density at radius 1 is 1.05 bits per heavy atom. The molecule has 0 fully saturated rings.